The lowest BCUT2D eigenvalue weighted by Crippen LogP contribution is -2.62. The van der Waals surface area contributed by atoms with Crippen LogP contribution in [-0.2, 0) is 0 Å². The van der Waals surface area contributed by atoms with Crippen molar-refractivity contribution < 1.29 is 4.48 Å². The Morgan fingerprint density at radius 1 is 1.07 bits per heavy atom. The summed E-state index contributed by atoms with van der Waals surface area (Å²) in [4.78, 5) is 2.74. The maximum Gasteiger partial charge on any atom is 0.135 e. The molecule has 0 amide bonds. The quantitative estimate of drug-likeness (QED) is 0.634. The highest BCUT2D eigenvalue weighted by Gasteiger charge is 2.40. The van der Waals surface area contributed by atoms with Gasteiger partial charge in [-0.15, -0.1) is 0 Å². The van der Waals surface area contributed by atoms with Gasteiger partial charge in [0.2, 0.25) is 0 Å². The van der Waals surface area contributed by atoms with Crippen LogP contribution in [0.2, 0.25) is 0 Å². The zero-order valence-corrected chi connectivity index (χ0v) is 10.8. The Hall–Kier alpha value is -0.0800. The molecule has 0 N–H and O–H groups in total. The molecule has 2 fully saturated rings. The standard InChI is InChI=1S/C13H27N2/c1-4-13(2,3)14-8-7-11-15(12-14)9-5-6-10-15/h4-12H2,1-3H3/q+1. The molecule has 2 heteroatoms. The first-order chi connectivity index (χ1) is 7.08. The molecule has 1 spiro atoms. The monoisotopic (exact) mass is 211 g/mol. The first-order valence-electron chi connectivity index (χ1n) is 6.68. The summed E-state index contributed by atoms with van der Waals surface area (Å²) in [5.74, 6) is 0. The normalized spacial score (nSPS) is 27.4. The van der Waals surface area contributed by atoms with E-state index in [1.165, 1.54) is 63.0 Å². The van der Waals surface area contributed by atoms with Crippen LogP contribution >= 0.6 is 0 Å². The van der Waals surface area contributed by atoms with E-state index in [1.54, 1.807) is 0 Å². The van der Waals surface area contributed by atoms with Crippen LogP contribution in [-0.4, -0.2) is 47.8 Å². The van der Waals surface area contributed by atoms with Gasteiger partial charge in [-0.2, -0.15) is 0 Å². The fourth-order valence-corrected chi connectivity index (χ4v) is 3.19. The van der Waals surface area contributed by atoms with E-state index < -0.39 is 0 Å². The van der Waals surface area contributed by atoms with Gasteiger partial charge in [0.05, 0.1) is 19.6 Å². The van der Waals surface area contributed by atoms with Crippen molar-refractivity contribution in [3.05, 3.63) is 0 Å². The number of rotatable bonds is 2. The highest BCUT2D eigenvalue weighted by Crippen LogP contribution is 2.29. The third-order valence-electron chi connectivity index (χ3n) is 4.77. The van der Waals surface area contributed by atoms with Crippen LogP contribution in [0.25, 0.3) is 0 Å². The van der Waals surface area contributed by atoms with Crippen LogP contribution in [0.5, 0.6) is 0 Å². The molecule has 2 heterocycles. The first-order valence-corrected chi connectivity index (χ1v) is 6.68. The number of quaternary nitrogens is 1. The van der Waals surface area contributed by atoms with Gasteiger partial charge in [0.1, 0.15) is 6.67 Å². The highest BCUT2D eigenvalue weighted by molar-refractivity contribution is 4.80. The van der Waals surface area contributed by atoms with Crippen LogP contribution in [0, 0.1) is 0 Å². The molecule has 0 aromatic heterocycles. The van der Waals surface area contributed by atoms with Gasteiger partial charge in [-0.05, 0) is 20.3 Å². The van der Waals surface area contributed by atoms with Crippen molar-refractivity contribution >= 4 is 0 Å². The Bertz CT molecular complexity index is 217. The predicted molar refractivity (Wildman–Crippen MR) is 64.7 cm³/mol. The van der Waals surface area contributed by atoms with Gasteiger partial charge < -0.3 is 4.48 Å². The molecule has 0 aromatic rings. The Balaban J connectivity index is 2.03. The molecule has 88 valence electrons. The number of nitrogens with zero attached hydrogens (tertiary/aromatic N) is 2. The Morgan fingerprint density at radius 3 is 2.27 bits per heavy atom. The molecular weight excluding hydrogens is 184 g/mol. The van der Waals surface area contributed by atoms with Gasteiger partial charge in [-0.3, -0.25) is 4.90 Å². The smallest absolute Gasteiger partial charge is 0.135 e. The summed E-state index contributed by atoms with van der Waals surface area (Å²) >= 11 is 0. The van der Waals surface area contributed by atoms with Crippen molar-refractivity contribution in [3.63, 3.8) is 0 Å². The van der Waals surface area contributed by atoms with E-state index >= 15 is 0 Å². The zero-order chi connectivity index (χ0) is 10.9. The second-order valence-electron chi connectivity index (χ2n) is 6.14. The third-order valence-corrected chi connectivity index (χ3v) is 4.77. The minimum atomic E-state index is 0.411. The van der Waals surface area contributed by atoms with Gasteiger partial charge in [-0.25, -0.2) is 0 Å². The van der Waals surface area contributed by atoms with Crippen molar-refractivity contribution in [1.82, 2.24) is 4.90 Å². The summed E-state index contributed by atoms with van der Waals surface area (Å²) in [5.41, 5.74) is 0.411. The Morgan fingerprint density at radius 2 is 1.67 bits per heavy atom. The van der Waals surface area contributed by atoms with Gasteiger partial charge in [0.25, 0.3) is 0 Å². The summed E-state index contributed by atoms with van der Waals surface area (Å²) in [6.07, 6.45) is 5.59. The molecule has 0 radical (unpaired) electrons. The summed E-state index contributed by atoms with van der Waals surface area (Å²) in [6, 6.07) is 0. The van der Waals surface area contributed by atoms with Gasteiger partial charge in [-0.1, -0.05) is 6.92 Å². The molecule has 2 saturated heterocycles. The Kier molecular flexibility index (Phi) is 3.09. The number of hydrogen-bond donors (Lipinski definition) is 0. The van der Waals surface area contributed by atoms with E-state index in [0.717, 1.165) is 0 Å². The highest BCUT2D eigenvalue weighted by atomic mass is 15.5. The fourth-order valence-electron chi connectivity index (χ4n) is 3.19. The third kappa shape index (κ3) is 2.21. The van der Waals surface area contributed by atoms with E-state index in [1.807, 2.05) is 0 Å². The predicted octanol–water partition coefficient (Wildman–Crippen LogP) is 2.45. The fraction of sp³-hybridized carbons (Fsp3) is 1.00. The topological polar surface area (TPSA) is 3.24 Å². The lowest BCUT2D eigenvalue weighted by molar-refractivity contribution is -0.932. The molecule has 2 aliphatic heterocycles. The largest absolute Gasteiger partial charge is 0.311 e. The molecule has 0 aliphatic carbocycles. The van der Waals surface area contributed by atoms with Crippen LogP contribution in [0.1, 0.15) is 46.5 Å². The van der Waals surface area contributed by atoms with Crippen molar-refractivity contribution in [2.24, 2.45) is 0 Å². The zero-order valence-electron chi connectivity index (χ0n) is 10.8. The molecule has 0 aromatic carbocycles. The van der Waals surface area contributed by atoms with Crippen molar-refractivity contribution in [3.8, 4) is 0 Å². The molecule has 0 saturated carbocycles. The van der Waals surface area contributed by atoms with Crippen molar-refractivity contribution in [2.45, 2.75) is 52.0 Å². The van der Waals surface area contributed by atoms with Crippen LogP contribution in [0.4, 0.5) is 0 Å². The molecular formula is C13H27N2+. The SMILES string of the molecule is CCC(C)(C)N1CCC[N+]2(CCCC2)C1. The van der Waals surface area contributed by atoms with Crippen molar-refractivity contribution in [2.75, 3.05) is 32.8 Å². The van der Waals surface area contributed by atoms with E-state index in [9.17, 15) is 0 Å². The second kappa shape index (κ2) is 4.06. The minimum Gasteiger partial charge on any atom is -0.311 e. The van der Waals surface area contributed by atoms with E-state index in [2.05, 4.69) is 25.7 Å². The maximum absolute atomic E-state index is 2.74. The van der Waals surface area contributed by atoms with Gasteiger partial charge in [0.15, 0.2) is 0 Å². The molecule has 0 bridgehead atoms. The summed E-state index contributed by atoms with van der Waals surface area (Å²) in [5, 5.41) is 0. The summed E-state index contributed by atoms with van der Waals surface area (Å²) in [6.45, 7) is 14.1. The molecule has 2 nitrogen and oxygen atoms in total. The Labute approximate surface area is 94.8 Å². The lowest BCUT2D eigenvalue weighted by atomic mass is 9.98. The van der Waals surface area contributed by atoms with Crippen LogP contribution in [0.3, 0.4) is 0 Å². The molecule has 15 heavy (non-hydrogen) atoms. The molecule has 0 unspecified atom stereocenters. The van der Waals surface area contributed by atoms with E-state index in [-0.39, 0.29) is 0 Å². The molecule has 2 rings (SSSR count). The second-order valence-corrected chi connectivity index (χ2v) is 6.14. The van der Waals surface area contributed by atoms with Crippen LogP contribution < -0.4 is 0 Å². The van der Waals surface area contributed by atoms with Gasteiger partial charge in [0, 0.05) is 31.3 Å². The minimum absolute atomic E-state index is 0.411. The number of hydrogen-bond acceptors (Lipinski definition) is 1. The maximum atomic E-state index is 2.74. The average Bonchev–Trinajstić information content (AvgIpc) is 2.66. The van der Waals surface area contributed by atoms with Crippen LogP contribution in [0.15, 0.2) is 0 Å². The molecule has 0 atom stereocenters. The van der Waals surface area contributed by atoms with Gasteiger partial charge >= 0.3 is 0 Å². The van der Waals surface area contributed by atoms with E-state index in [4.69, 9.17) is 0 Å². The summed E-state index contributed by atoms with van der Waals surface area (Å²) < 4.78 is 1.41. The lowest BCUT2D eigenvalue weighted by Gasteiger charge is -2.48. The summed E-state index contributed by atoms with van der Waals surface area (Å²) in [7, 11) is 0. The van der Waals surface area contributed by atoms with E-state index in [0.29, 0.717) is 5.54 Å². The first kappa shape index (κ1) is 11.4. The molecule has 2 aliphatic rings. The van der Waals surface area contributed by atoms with Crippen molar-refractivity contribution in [1.29, 1.82) is 0 Å². The average molecular weight is 211 g/mol.